The molecule has 4 aliphatic rings. The molecule has 1 aliphatic heterocycles. The number of nitrogens with one attached hydrogen (secondary N) is 2. The van der Waals surface area contributed by atoms with Crippen molar-refractivity contribution in [2.75, 3.05) is 17.2 Å². The minimum atomic E-state index is -2.90. The van der Waals surface area contributed by atoms with Crippen LogP contribution in [0.3, 0.4) is 0 Å². The predicted octanol–water partition coefficient (Wildman–Crippen LogP) is 6.13. The monoisotopic (exact) mass is 556 g/mol. The van der Waals surface area contributed by atoms with Gasteiger partial charge in [0.25, 0.3) is 5.92 Å². The molecule has 208 valence electrons. The third-order valence-electron chi connectivity index (χ3n) is 8.29. The Labute approximate surface area is 230 Å². The summed E-state index contributed by atoms with van der Waals surface area (Å²) in [6.45, 7) is 7.30. The van der Waals surface area contributed by atoms with Crippen LogP contribution >= 0.6 is 11.3 Å². The minimum Gasteiger partial charge on any atom is -0.364 e. The fourth-order valence-corrected chi connectivity index (χ4v) is 7.07. The maximum absolute atomic E-state index is 14.7. The van der Waals surface area contributed by atoms with Gasteiger partial charge in [0.15, 0.2) is 5.79 Å². The number of anilines is 2. The summed E-state index contributed by atoms with van der Waals surface area (Å²) in [6.07, 6.45) is 5.54. The van der Waals surface area contributed by atoms with Gasteiger partial charge in [-0.25, -0.2) is 18.7 Å². The molecule has 2 N–H and O–H groups in total. The van der Waals surface area contributed by atoms with Crippen LogP contribution in [0.15, 0.2) is 12.3 Å². The van der Waals surface area contributed by atoms with Gasteiger partial charge in [0.2, 0.25) is 5.95 Å². The molecule has 0 bridgehead atoms. The lowest BCUT2D eigenvalue weighted by molar-refractivity contribution is -0.172. The molecule has 0 amide bonds. The first kappa shape index (κ1) is 25.5. The topological polar surface area (TPSA) is 94.1 Å². The van der Waals surface area contributed by atoms with E-state index >= 15 is 0 Å². The van der Waals surface area contributed by atoms with Crippen LogP contribution in [0.5, 0.6) is 0 Å². The molecular formula is C28H34F2N6O2S. The second kappa shape index (κ2) is 9.01. The van der Waals surface area contributed by atoms with Crippen LogP contribution in [0.2, 0.25) is 0 Å². The molecule has 4 heterocycles. The molecule has 0 aromatic carbocycles. The van der Waals surface area contributed by atoms with E-state index in [-0.39, 0.29) is 6.42 Å². The van der Waals surface area contributed by atoms with Gasteiger partial charge < -0.3 is 20.1 Å². The molecule has 4 atom stereocenters. The van der Waals surface area contributed by atoms with E-state index in [4.69, 9.17) is 24.4 Å². The average Bonchev–Trinajstić information content (AvgIpc) is 3.77. The number of alkyl halides is 2. The zero-order chi connectivity index (χ0) is 27.1. The molecule has 39 heavy (non-hydrogen) atoms. The Hall–Kier alpha value is -2.50. The number of aromatic nitrogens is 4. The molecule has 4 unspecified atom stereocenters. The quantitative estimate of drug-likeness (QED) is 0.342. The van der Waals surface area contributed by atoms with Gasteiger partial charge in [-0.3, -0.25) is 4.98 Å². The molecule has 4 fully saturated rings. The highest BCUT2D eigenvalue weighted by atomic mass is 32.1. The van der Waals surface area contributed by atoms with Crippen molar-refractivity contribution in [2.24, 2.45) is 11.8 Å². The van der Waals surface area contributed by atoms with Crippen LogP contribution in [0.25, 0.3) is 20.8 Å². The second-order valence-corrected chi connectivity index (χ2v) is 13.2. The number of pyridine rings is 1. The van der Waals surface area contributed by atoms with Crippen molar-refractivity contribution < 1.29 is 18.3 Å². The largest absolute Gasteiger partial charge is 0.364 e. The molecule has 0 spiro atoms. The van der Waals surface area contributed by atoms with Gasteiger partial charge >= 0.3 is 0 Å². The van der Waals surface area contributed by atoms with Crippen LogP contribution in [-0.4, -0.2) is 56.4 Å². The van der Waals surface area contributed by atoms with Crippen molar-refractivity contribution in [3.8, 4) is 10.6 Å². The lowest BCUT2D eigenvalue weighted by Crippen LogP contribution is -2.36. The van der Waals surface area contributed by atoms with Gasteiger partial charge in [0, 0.05) is 18.7 Å². The molecule has 1 saturated heterocycles. The Balaban J connectivity index is 1.28. The van der Waals surface area contributed by atoms with Crippen LogP contribution in [0, 0.1) is 18.8 Å². The third kappa shape index (κ3) is 4.86. The SMILES string of the molecule is Cc1nc(NCC2CC2)nc(NC2CC(C(C)(F)F)C3OC(C)(C)OC23)c1-c1nc2c(C3CC3)nccc2s1. The fourth-order valence-electron chi connectivity index (χ4n) is 6.00. The number of thiazole rings is 1. The van der Waals surface area contributed by atoms with E-state index in [0.29, 0.717) is 23.6 Å². The van der Waals surface area contributed by atoms with Crippen LogP contribution in [0.1, 0.15) is 70.2 Å². The van der Waals surface area contributed by atoms with Crippen molar-refractivity contribution >= 4 is 33.3 Å². The third-order valence-corrected chi connectivity index (χ3v) is 9.33. The molecule has 3 saturated carbocycles. The van der Waals surface area contributed by atoms with E-state index < -0.39 is 35.9 Å². The zero-order valence-corrected chi connectivity index (χ0v) is 23.4. The summed E-state index contributed by atoms with van der Waals surface area (Å²) in [5.41, 5.74) is 3.55. The number of hydrogen-bond acceptors (Lipinski definition) is 9. The maximum atomic E-state index is 14.7. The summed E-state index contributed by atoms with van der Waals surface area (Å²) in [6, 6.07) is 1.59. The van der Waals surface area contributed by atoms with Crippen molar-refractivity contribution in [3.63, 3.8) is 0 Å². The van der Waals surface area contributed by atoms with Gasteiger partial charge in [-0.1, -0.05) is 0 Å². The molecule has 8 nitrogen and oxygen atoms in total. The van der Waals surface area contributed by atoms with Crippen molar-refractivity contribution in [3.05, 3.63) is 23.7 Å². The lowest BCUT2D eigenvalue weighted by atomic mass is 9.98. The fraction of sp³-hybridized carbons (Fsp3) is 0.643. The predicted molar refractivity (Wildman–Crippen MR) is 146 cm³/mol. The summed E-state index contributed by atoms with van der Waals surface area (Å²) >= 11 is 1.59. The first-order valence-electron chi connectivity index (χ1n) is 13.9. The van der Waals surface area contributed by atoms with Crippen molar-refractivity contribution in [1.82, 2.24) is 19.9 Å². The van der Waals surface area contributed by atoms with Crippen molar-refractivity contribution in [1.29, 1.82) is 0 Å². The van der Waals surface area contributed by atoms with E-state index in [0.717, 1.165) is 58.5 Å². The Morgan fingerprint density at radius 2 is 1.87 bits per heavy atom. The Bertz CT molecular complexity index is 1420. The Kier molecular flexibility index (Phi) is 5.88. The lowest BCUT2D eigenvalue weighted by Gasteiger charge is -2.27. The average molecular weight is 557 g/mol. The van der Waals surface area contributed by atoms with Crippen LogP contribution in [-0.2, 0) is 9.47 Å². The summed E-state index contributed by atoms with van der Waals surface area (Å²) in [7, 11) is 0. The molecule has 0 radical (unpaired) electrons. The molecule has 3 aromatic heterocycles. The first-order valence-corrected chi connectivity index (χ1v) is 14.8. The van der Waals surface area contributed by atoms with Gasteiger partial charge in [-0.2, -0.15) is 4.98 Å². The van der Waals surface area contributed by atoms with E-state index in [2.05, 4.69) is 15.6 Å². The maximum Gasteiger partial charge on any atom is 0.250 e. The summed E-state index contributed by atoms with van der Waals surface area (Å²) < 4.78 is 42.6. The Morgan fingerprint density at radius 1 is 1.10 bits per heavy atom. The van der Waals surface area contributed by atoms with Gasteiger partial charge in [0.1, 0.15) is 22.4 Å². The van der Waals surface area contributed by atoms with E-state index in [1.807, 2.05) is 19.2 Å². The number of halogens is 2. The Morgan fingerprint density at radius 3 is 2.59 bits per heavy atom. The van der Waals surface area contributed by atoms with E-state index in [1.165, 1.54) is 12.8 Å². The number of hydrogen-bond donors (Lipinski definition) is 2. The molecule has 11 heteroatoms. The first-order chi connectivity index (χ1) is 18.6. The summed E-state index contributed by atoms with van der Waals surface area (Å²) in [5, 5.41) is 7.69. The van der Waals surface area contributed by atoms with Crippen LogP contribution < -0.4 is 10.6 Å². The summed E-state index contributed by atoms with van der Waals surface area (Å²) in [5.74, 6) is -2.56. The minimum absolute atomic E-state index is 0.206. The van der Waals surface area contributed by atoms with Gasteiger partial charge in [-0.15, -0.1) is 11.3 Å². The van der Waals surface area contributed by atoms with Crippen LogP contribution in [0.4, 0.5) is 20.5 Å². The number of ether oxygens (including phenoxy) is 2. The standard InChI is InChI=1S/C28H34F2N6O2S/c1-13-19(25-35-21-18(39-25)9-10-31-20(21)15-7-8-15)24(36-26(33-13)32-12-14-5-6-14)34-17-11-16(28(4,29)30)22-23(17)38-27(2,3)37-22/h9-10,14-17,22-23H,5-8,11-12H2,1-4H3,(H2,32,33,34,36). The summed E-state index contributed by atoms with van der Waals surface area (Å²) in [4.78, 5) is 19.3. The number of rotatable bonds is 8. The van der Waals surface area contributed by atoms with Gasteiger partial charge in [0.05, 0.1) is 39.7 Å². The number of fused-ring (bicyclic) bond motifs is 2. The molecule has 3 aliphatic carbocycles. The number of nitrogens with zero attached hydrogens (tertiary/aromatic N) is 4. The smallest absolute Gasteiger partial charge is 0.250 e. The van der Waals surface area contributed by atoms with Crippen molar-refractivity contribution in [2.45, 2.75) is 95.7 Å². The zero-order valence-electron chi connectivity index (χ0n) is 22.6. The normalized spacial score (nSPS) is 28.2. The highest BCUT2D eigenvalue weighted by Crippen LogP contribution is 2.49. The van der Waals surface area contributed by atoms with E-state index in [9.17, 15) is 8.78 Å². The highest BCUT2D eigenvalue weighted by Gasteiger charge is 2.59. The number of aryl methyl sites for hydroxylation is 1. The molecular weight excluding hydrogens is 522 g/mol. The highest BCUT2D eigenvalue weighted by molar-refractivity contribution is 7.21. The van der Waals surface area contributed by atoms with E-state index in [1.54, 1.807) is 25.2 Å². The second-order valence-electron chi connectivity index (χ2n) is 12.1. The molecule has 7 rings (SSSR count). The molecule has 3 aromatic rings. The van der Waals surface area contributed by atoms with Gasteiger partial charge in [-0.05, 0) is 71.8 Å².